The summed E-state index contributed by atoms with van der Waals surface area (Å²) in [6, 6.07) is 0. The van der Waals surface area contributed by atoms with E-state index in [-0.39, 0.29) is 25.7 Å². The molecule has 0 aliphatic rings. The Balaban J connectivity index is 5.21. The van der Waals surface area contributed by atoms with Crippen molar-refractivity contribution in [2.24, 2.45) is 11.8 Å². The van der Waals surface area contributed by atoms with Crippen LogP contribution in [0.2, 0.25) is 0 Å². The second-order valence-electron chi connectivity index (χ2n) is 29.9. The number of carbonyl (C=O) groups excluding carboxylic acids is 4. The second-order valence-corrected chi connectivity index (χ2v) is 32.8. The highest BCUT2D eigenvalue weighted by molar-refractivity contribution is 7.47. The minimum Gasteiger partial charge on any atom is -0.462 e. The summed E-state index contributed by atoms with van der Waals surface area (Å²) in [6.45, 7) is 9.67. The zero-order chi connectivity index (χ0) is 73.5. The average molecular weight is 1470 g/mol. The van der Waals surface area contributed by atoms with Crippen molar-refractivity contribution in [3.8, 4) is 0 Å². The van der Waals surface area contributed by atoms with Crippen molar-refractivity contribution in [3.05, 3.63) is 0 Å². The van der Waals surface area contributed by atoms with E-state index in [1.807, 2.05) is 0 Å². The monoisotopic (exact) mass is 1470 g/mol. The lowest BCUT2D eigenvalue weighted by Gasteiger charge is -2.21. The number of rotatable bonds is 80. The number of unbranched alkanes of at least 4 members (excludes halogenated alkanes) is 49. The minimum absolute atomic E-state index is 0.107. The van der Waals surface area contributed by atoms with Gasteiger partial charge in [-0.15, -0.1) is 0 Å². The molecule has 0 spiro atoms. The Labute approximate surface area is 613 Å². The van der Waals surface area contributed by atoms with Crippen LogP contribution in [-0.4, -0.2) is 96.7 Å². The molecule has 0 aliphatic carbocycles. The first kappa shape index (κ1) is 98.1. The Morgan fingerprint density at radius 1 is 0.290 bits per heavy atom. The second kappa shape index (κ2) is 72.6. The molecule has 0 aromatic rings. The molecular weight excluding hydrogens is 1310 g/mol. The van der Waals surface area contributed by atoms with Crippen molar-refractivity contribution in [2.75, 3.05) is 39.6 Å². The number of hydrogen-bond donors (Lipinski definition) is 3. The summed E-state index contributed by atoms with van der Waals surface area (Å²) in [4.78, 5) is 73.0. The van der Waals surface area contributed by atoms with Gasteiger partial charge in [0.1, 0.15) is 19.3 Å². The van der Waals surface area contributed by atoms with Gasteiger partial charge in [-0.2, -0.15) is 0 Å². The van der Waals surface area contributed by atoms with Gasteiger partial charge in [-0.05, 0) is 37.5 Å². The molecule has 0 aromatic carbocycles. The molecule has 3 unspecified atom stereocenters. The Bertz CT molecular complexity index is 1930. The first-order valence-electron chi connectivity index (χ1n) is 42.0. The van der Waals surface area contributed by atoms with Crippen LogP contribution < -0.4 is 0 Å². The van der Waals surface area contributed by atoms with Gasteiger partial charge in [-0.3, -0.25) is 37.3 Å². The van der Waals surface area contributed by atoms with Crippen LogP contribution in [0.1, 0.15) is 427 Å². The number of aliphatic hydroxyl groups excluding tert-OH is 1. The van der Waals surface area contributed by atoms with Crippen molar-refractivity contribution in [1.29, 1.82) is 0 Å². The SMILES string of the molecule is CCCCCCCCCCCCCCCCC(=O)OC[C@H](COP(=O)(O)OC[C@@H](O)COP(=O)(O)OC[C@@H](COC(=O)CCCCCCCCCCC(C)C)OC(=O)CCCCCCCCCCCCCCC)OC(=O)CCCCCCCCCCCCCCCCCCCCC(C)CC. The lowest BCUT2D eigenvalue weighted by Crippen LogP contribution is -2.30. The highest BCUT2D eigenvalue weighted by atomic mass is 31.2. The van der Waals surface area contributed by atoms with Gasteiger partial charge in [-0.25, -0.2) is 9.13 Å². The number of hydrogen-bond acceptors (Lipinski definition) is 15. The predicted molar refractivity (Wildman–Crippen MR) is 409 cm³/mol. The Morgan fingerprint density at radius 2 is 0.510 bits per heavy atom. The van der Waals surface area contributed by atoms with Gasteiger partial charge < -0.3 is 33.8 Å². The van der Waals surface area contributed by atoms with Crippen molar-refractivity contribution < 1.29 is 80.2 Å². The number of ether oxygens (including phenoxy) is 4. The molecular formula is C81H158O17P2. The maximum absolute atomic E-state index is 13.1. The summed E-state index contributed by atoms with van der Waals surface area (Å²) in [7, 11) is -9.92. The molecule has 0 saturated carbocycles. The quantitative estimate of drug-likeness (QED) is 0.0222. The van der Waals surface area contributed by atoms with Crippen LogP contribution in [0, 0.1) is 11.8 Å². The molecule has 100 heavy (non-hydrogen) atoms. The first-order valence-corrected chi connectivity index (χ1v) is 45.0. The van der Waals surface area contributed by atoms with Crippen molar-refractivity contribution >= 4 is 39.5 Å². The summed E-state index contributed by atoms with van der Waals surface area (Å²) >= 11 is 0. The molecule has 0 amide bonds. The number of aliphatic hydroxyl groups is 1. The average Bonchev–Trinajstić information content (AvgIpc) is 0.922. The van der Waals surface area contributed by atoms with Crippen LogP contribution in [-0.2, 0) is 65.4 Å². The fourth-order valence-electron chi connectivity index (χ4n) is 12.5. The molecule has 0 radical (unpaired) electrons. The molecule has 19 heteroatoms. The largest absolute Gasteiger partial charge is 0.472 e. The zero-order valence-electron chi connectivity index (χ0n) is 65.5. The number of phosphoric ester groups is 2. The molecule has 0 rings (SSSR count). The third-order valence-corrected chi connectivity index (χ3v) is 21.2. The van der Waals surface area contributed by atoms with E-state index in [1.165, 1.54) is 244 Å². The van der Waals surface area contributed by atoms with E-state index in [1.54, 1.807) is 0 Å². The summed E-state index contributed by atoms with van der Waals surface area (Å²) in [5.74, 6) is -0.510. The lowest BCUT2D eigenvalue weighted by atomic mass is 9.99. The summed E-state index contributed by atoms with van der Waals surface area (Å²) in [5.41, 5.74) is 0. The van der Waals surface area contributed by atoms with E-state index in [0.717, 1.165) is 102 Å². The Morgan fingerprint density at radius 3 is 0.760 bits per heavy atom. The van der Waals surface area contributed by atoms with Gasteiger partial charge in [0, 0.05) is 25.7 Å². The maximum Gasteiger partial charge on any atom is 0.472 e. The molecule has 594 valence electrons. The van der Waals surface area contributed by atoms with Crippen molar-refractivity contribution in [3.63, 3.8) is 0 Å². The van der Waals surface area contributed by atoms with E-state index >= 15 is 0 Å². The smallest absolute Gasteiger partial charge is 0.462 e. The number of esters is 4. The normalized spacial score (nSPS) is 14.2. The lowest BCUT2D eigenvalue weighted by molar-refractivity contribution is -0.161. The molecule has 6 atom stereocenters. The molecule has 0 bridgehead atoms. The molecule has 0 aliphatic heterocycles. The van der Waals surface area contributed by atoms with E-state index < -0.39 is 97.5 Å². The van der Waals surface area contributed by atoms with E-state index in [0.29, 0.717) is 25.7 Å². The highest BCUT2D eigenvalue weighted by Gasteiger charge is 2.30. The van der Waals surface area contributed by atoms with Crippen LogP contribution in [0.25, 0.3) is 0 Å². The number of carbonyl (C=O) groups is 4. The van der Waals surface area contributed by atoms with Crippen LogP contribution in [0.15, 0.2) is 0 Å². The van der Waals surface area contributed by atoms with Crippen molar-refractivity contribution in [2.45, 2.75) is 445 Å². The van der Waals surface area contributed by atoms with Gasteiger partial charge in [0.05, 0.1) is 26.4 Å². The molecule has 0 saturated heterocycles. The molecule has 3 N–H and O–H groups in total. The summed E-state index contributed by atoms with van der Waals surface area (Å²) in [6.07, 6.45) is 62.4. The summed E-state index contributed by atoms with van der Waals surface area (Å²) in [5, 5.41) is 10.6. The van der Waals surface area contributed by atoms with Crippen LogP contribution in [0.5, 0.6) is 0 Å². The fraction of sp³-hybridized carbons (Fsp3) is 0.951. The number of phosphoric acid groups is 2. The Kier molecular flexibility index (Phi) is 71.2. The van der Waals surface area contributed by atoms with Gasteiger partial charge in [-0.1, -0.05) is 375 Å². The van der Waals surface area contributed by atoms with E-state index in [2.05, 4.69) is 41.5 Å². The molecule has 17 nitrogen and oxygen atoms in total. The van der Waals surface area contributed by atoms with E-state index in [4.69, 9.17) is 37.0 Å². The maximum atomic E-state index is 13.1. The highest BCUT2D eigenvalue weighted by Crippen LogP contribution is 2.45. The van der Waals surface area contributed by atoms with Crippen LogP contribution >= 0.6 is 15.6 Å². The van der Waals surface area contributed by atoms with Gasteiger partial charge in [0.25, 0.3) is 0 Å². The minimum atomic E-state index is -4.96. The molecule has 0 fully saturated rings. The van der Waals surface area contributed by atoms with Crippen LogP contribution in [0.4, 0.5) is 0 Å². The van der Waals surface area contributed by atoms with Crippen molar-refractivity contribution in [1.82, 2.24) is 0 Å². The third-order valence-electron chi connectivity index (χ3n) is 19.3. The van der Waals surface area contributed by atoms with Gasteiger partial charge >= 0.3 is 39.5 Å². The zero-order valence-corrected chi connectivity index (χ0v) is 67.3. The predicted octanol–water partition coefficient (Wildman–Crippen LogP) is 24.3. The molecule has 0 heterocycles. The Hall–Kier alpha value is -1.94. The fourth-order valence-corrected chi connectivity index (χ4v) is 14.1. The van der Waals surface area contributed by atoms with Gasteiger partial charge in [0.15, 0.2) is 12.2 Å². The van der Waals surface area contributed by atoms with Gasteiger partial charge in [0.2, 0.25) is 0 Å². The molecule has 0 aromatic heterocycles. The van der Waals surface area contributed by atoms with Crippen LogP contribution in [0.3, 0.4) is 0 Å². The first-order chi connectivity index (χ1) is 48.4. The summed E-state index contributed by atoms with van der Waals surface area (Å²) < 4.78 is 68.7. The standard InChI is InChI=1S/C81H158O17P2/c1-7-10-12-14-16-18-20-22-31-34-38-45-51-57-63-78(83)91-69-76(97-81(86)66-60-54-48-40-36-32-28-26-24-23-25-27-30-33-37-44-50-56-62-74(6)9-3)71-95-99(87,88)93-67-75(82)68-94-100(89,90)96-72-77(70-92-79(84)64-58-52-46-42-41-43-49-55-61-73(4)5)98-80(85)65-59-53-47-39-35-29-21-19-17-15-13-11-8-2/h73-77,82H,7-72H2,1-6H3,(H,87,88)(H,89,90)/t74?,75-,76-,77-/m1/s1. The topological polar surface area (TPSA) is 237 Å². The third kappa shape index (κ3) is 73.0. The van der Waals surface area contributed by atoms with E-state index in [9.17, 15) is 43.2 Å².